The van der Waals surface area contributed by atoms with Crippen molar-refractivity contribution in [1.82, 2.24) is 0 Å². The Balaban J connectivity index is 2.73. The Morgan fingerprint density at radius 3 is 2.93 bits per heavy atom. The van der Waals surface area contributed by atoms with Gasteiger partial charge in [0.15, 0.2) is 0 Å². The SMILES string of the molecule is COc1cc(Br)c2occ(CN)c2c1. The molecule has 0 aliphatic rings. The first-order valence-corrected chi connectivity index (χ1v) is 4.99. The third kappa shape index (κ3) is 1.40. The molecule has 3 nitrogen and oxygen atoms in total. The fourth-order valence-electron chi connectivity index (χ4n) is 1.40. The van der Waals surface area contributed by atoms with Gasteiger partial charge < -0.3 is 14.9 Å². The highest BCUT2D eigenvalue weighted by atomic mass is 79.9. The van der Waals surface area contributed by atoms with Crippen LogP contribution in [-0.2, 0) is 6.54 Å². The van der Waals surface area contributed by atoms with Gasteiger partial charge in [0.2, 0.25) is 0 Å². The Hall–Kier alpha value is -1.00. The third-order valence-electron chi connectivity index (χ3n) is 2.14. The van der Waals surface area contributed by atoms with E-state index in [0.29, 0.717) is 6.54 Å². The van der Waals surface area contributed by atoms with Gasteiger partial charge >= 0.3 is 0 Å². The van der Waals surface area contributed by atoms with E-state index in [9.17, 15) is 0 Å². The van der Waals surface area contributed by atoms with Crippen LogP contribution in [0.4, 0.5) is 0 Å². The topological polar surface area (TPSA) is 48.4 Å². The van der Waals surface area contributed by atoms with Crippen molar-refractivity contribution in [3.8, 4) is 5.75 Å². The molecule has 2 aromatic rings. The number of fused-ring (bicyclic) bond motifs is 1. The summed E-state index contributed by atoms with van der Waals surface area (Å²) in [5, 5.41) is 0.999. The van der Waals surface area contributed by atoms with Crippen molar-refractivity contribution < 1.29 is 9.15 Å². The molecular weight excluding hydrogens is 246 g/mol. The molecule has 0 unspecified atom stereocenters. The van der Waals surface area contributed by atoms with Crippen LogP contribution < -0.4 is 10.5 Å². The highest BCUT2D eigenvalue weighted by molar-refractivity contribution is 9.10. The van der Waals surface area contributed by atoms with E-state index in [1.807, 2.05) is 12.1 Å². The van der Waals surface area contributed by atoms with Crippen LogP contribution in [0.1, 0.15) is 5.56 Å². The number of hydrogen-bond donors (Lipinski definition) is 1. The van der Waals surface area contributed by atoms with Crippen molar-refractivity contribution >= 4 is 26.9 Å². The molecule has 1 heterocycles. The van der Waals surface area contributed by atoms with Crippen LogP contribution in [0.2, 0.25) is 0 Å². The molecule has 0 saturated carbocycles. The lowest BCUT2D eigenvalue weighted by Crippen LogP contribution is -1.94. The van der Waals surface area contributed by atoms with Gasteiger partial charge in [-0.3, -0.25) is 0 Å². The lowest BCUT2D eigenvalue weighted by atomic mass is 10.2. The Morgan fingerprint density at radius 1 is 1.50 bits per heavy atom. The molecule has 0 fully saturated rings. The second-order valence-electron chi connectivity index (χ2n) is 2.95. The van der Waals surface area contributed by atoms with Crippen LogP contribution in [0, 0.1) is 0 Å². The summed E-state index contributed by atoms with van der Waals surface area (Å²) in [6.45, 7) is 0.465. The van der Waals surface area contributed by atoms with E-state index in [1.54, 1.807) is 13.4 Å². The molecule has 2 rings (SSSR count). The van der Waals surface area contributed by atoms with E-state index in [2.05, 4.69) is 15.9 Å². The number of furan rings is 1. The molecule has 14 heavy (non-hydrogen) atoms. The maximum atomic E-state index is 5.59. The van der Waals surface area contributed by atoms with Crippen LogP contribution >= 0.6 is 15.9 Å². The van der Waals surface area contributed by atoms with Crippen LogP contribution in [0.3, 0.4) is 0 Å². The van der Waals surface area contributed by atoms with Gasteiger partial charge in [0.05, 0.1) is 17.8 Å². The van der Waals surface area contributed by atoms with Gasteiger partial charge in [-0.25, -0.2) is 0 Å². The van der Waals surface area contributed by atoms with Crippen LogP contribution in [0.25, 0.3) is 11.0 Å². The van der Waals surface area contributed by atoms with E-state index >= 15 is 0 Å². The first kappa shape index (κ1) is 9.55. The molecular formula is C10H10BrNO2. The predicted molar refractivity (Wildman–Crippen MR) is 58.4 cm³/mol. The van der Waals surface area contributed by atoms with Gasteiger partial charge in [0, 0.05) is 17.5 Å². The predicted octanol–water partition coefficient (Wildman–Crippen LogP) is 2.66. The Morgan fingerprint density at radius 2 is 2.29 bits per heavy atom. The van der Waals surface area contributed by atoms with Crippen molar-refractivity contribution in [3.63, 3.8) is 0 Å². The van der Waals surface area contributed by atoms with E-state index in [0.717, 1.165) is 26.8 Å². The zero-order valence-electron chi connectivity index (χ0n) is 7.71. The molecule has 1 aromatic carbocycles. The third-order valence-corrected chi connectivity index (χ3v) is 2.73. The van der Waals surface area contributed by atoms with E-state index in [1.165, 1.54) is 0 Å². The number of ether oxygens (including phenoxy) is 1. The number of benzene rings is 1. The van der Waals surface area contributed by atoms with Crippen molar-refractivity contribution in [1.29, 1.82) is 0 Å². The Bertz CT molecular complexity index is 464. The van der Waals surface area contributed by atoms with Gasteiger partial charge in [0.25, 0.3) is 0 Å². The van der Waals surface area contributed by atoms with Gasteiger partial charge in [-0.15, -0.1) is 0 Å². The molecule has 0 atom stereocenters. The summed E-state index contributed by atoms with van der Waals surface area (Å²) in [6.07, 6.45) is 1.68. The highest BCUT2D eigenvalue weighted by Crippen LogP contribution is 2.32. The minimum atomic E-state index is 0.465. The Kier molecular flexibility index (Phi) is 2.48. The first-order valence-electron chi connectivity index (χ1n) is 4.20. The number of nitrogens with two attached hydrogens (primary N) is 1. The minimum absolute atomic E-state index is 0.465. The van der Waals surface area contributed by atoms with Gasteiger partial charge in [-0.05, 0) is 28.1 Å². The maximum absolute atomic E-state index is 5.59. The highest BCUT2D eigenvalue weighted by Gasteiger charge is 2.09. The molecule has 0 aliphatic heterocycles. The first-order chi connectivity index (χ1) is 6.76. The molecule has 0 radical (unpaired) electrons. The van der Waals surface area contributed by atoms with Gasteiger partial charge in [-0.1, -0.05) is 0 Å². The summed E-state index contributed by atoms with van der Waals surface area (Å²) < 4.78 is 11.4. The molecule has 74 valence electrons. The maximum Gasteiger partial charge on any atom is 0.148 e. The summed E-state index contributed by atoms with van der Waals surface area (Å²) >= 11 is 3.42. The number of halogens is 1. The van der Waals surface area contributed by atoms with Gasteiger partial charge in [0.1, 0.15) is 11.3 Å². The minimum Gasteiger partial charge on any atom is -0.497 e. The summed E-state index contributed by atoms with van der Waals surface area (Å²) in [7, 11) is 1.63. The van der Waals surface area contributed by atoms with Crippen LogP contribution in [-0.4, -0.2) is 7.11 Å². The molecule has 0 bridgehead atoms. The van der Waals surface area contributed by atoms with Crippen molar-refractivity contribution in [3.05, 3.63) is 28.4 Å². The molecule has 0 amide bonds. The van der Waals surface area contributed by atoms with Crippen molar-refractivity contribution in [2.75, 3.05) is 7.11 Å². The van der Waals surface area contributed by atoms with Crippen LogP contribution in [0.5, 0.6) is 5.75 Å². The van der Waals surface area contributed by atoms with E-state index in [4.69, 9.17) is 14.9 Å². The molecule has 2 N–H and O–H groups in total. The fraction of sp³-hybridized carbons (Fsp3) is 0.200. The lowest BCUT2D eigenvalue weighted by Gasteiger charge is -2.01. The summed E-state index contributed by atoms with van der Waals surface area (Å²) in [5.74, 6) is 0.792. The van der Waals surface area contributed by atoms with Crippen LogP contribution in [0.15, 0.2) is 27.3 Å². The van der Waals surface area contributed by atoms with Crippen molar-refractivity contribution in [2.24, 2.45) is 5.73 Å². The monoisotopic (exact) mass is 255 g/mol. The summed E-state index contributed by atoms with van der Waals surface area (Å²) in [4.78, 5) is 0. The average Bonchev–Trinajstić information content (AvgIpc) is 2.61. The average molecular weight is 256 g/mol. The lowest BCUT2D eigenvalue weighted by molar-refractivity contribution is 0.415. The quantitative estimate of drug-likeness (QED) is 0.898. The molecule has 0 aliphatic carbocycles. The van der Waals surface area contributed by atoms with Crippen molar-refractivity contribution in [2.45, 2.75) is 6.54 Å². The van der Waals surface area contributed by atoms with Gasteiger partial charge in [-0.2, -0.15) is 0 Å². The number of rotatable bonds is 2. The summed E-state index contributed by atoms with van der Waals surface area (Å²) in [6, 6.07) is 3.79. The molecule has 4 heteroatoms. The molecule has 0 saturated heterocycles. The zero-order valence-corrected chi connectivity index (χ0v) is 9.30. The van der Waals surface area contributed by atoms with E-state index in [-0.39, 0.29) is 0 Å². The standard InChI is InChI=1S/C10H10BrNO2/c1-13-7-2-8-6(4-12)5-14-10(8)9(11)3-7/h2-3,5H,4,12H2,1H3. The second kappa shape index (κ2) is 3.63. The number of hydrogen-bond acceptors (Lipinski definition) is 3. The Labute approximate surface area is 90.0 Å². The number of methoxy groups -OCH3 is 1. The van der Waals surface area contributed by atoms with E-state index < -0.39 is 0 Å². The molecule has 0 spiro atoms. The second-order valence-corrected chi connectivity index (χ2v) is 3.81. The smallest absolute Gasteiger partial charge is 0.148 e. The molecule has 1 aromatic heterocycles. The largest absolute Gasteiger partial charge is 0.497 e. The normalized spacial score (nSPS) is 10.8. The summed E-state index contributed by atoms with van der Waals surface area (Å²) in [5.41, 5.74) is 7.38. The zero-order chi connectivity index (χ0) is 10.1. The fourth-order valence-corrected chi connectivity index (χ4v) is 1.93.